The molecule has 1 aliphatic heterocycles. The standard InChI is InChI=1S/C12H17NO/c1-8-6-10-7-11(14-3)4-5-12(10)9(2)13-8/h4-5,7-9,13H,6H2,1-3H3/t8-,9-/m0/s1. The molecule has 1 N–H and O–H groups in total. The van der Waals surface area contributed by atoms with Gasteiger partial charge in [0.2, 0.25) is 0 Å². The first kappa shape index (κ1) is 9.53. The zero-order chi connectivity index (χ0) is 10.1. The van der Waals surface area contributed by atoms with Gasteiger partial charge in [-0.15, -0.1) is 0 Å². The third kappa shape index (κ3) is 1.62. The van der Waals surface area contributed by atoms with E-state index in [9.17, 15) is 0 Å². The van der Waals surface area contributed by atoms with E-state index < -0.39 is 0 Å². The highest BCUT2D eigenvalue weighted by atomic mass is 16.5. The molecular formula is C12H17NO. The Kier molecular flexibility index (Phi) is 2.46. The van der Waals surface area contributed by atoms with E-state index in [4.69, 9.17) is 4.74 Å². The van der Waals surface area contributed by atoms with E-state index in [1.807, 2.05) is 6.07 Å². The fourth-order valence-corrected chi connectivity index (χ4v) is 2.21. The highest BCUT2D eigenvalue weighted by Crippen LogP contribution is 2.28. The van der Waals surface area contributed by atoms with Gasteiger partial charge in [-0.05, 0) is 43.5 Å². The first-order chi connectivity index (χ1) is 6.70. The summed E-state index contributed by atoms with van der Waals surface area (Å²) in [5.41, 5.74) is 2.83. The van der Waals surface area contributed by atoms with Gasteiger partial charge >= 0.3 is 0 Å². The summed E-state index contributed by atoms with van der Waals surface area (Å²) >= 11 is 0. The average Bonchev–Trinajstić information content (AvgIpc) is 2.16. The predicted molar refractivity (Wildman–Crippen MR) is 57.7 cm³/mol. The first-order valence-corrected chi connectivity index (χ1v) is 5.13. The van der Waals surface area contributed by atoms with Crippen LogP contribution in [0.4, 0.5) is 0 Å². The van der Waals surface area contributed by atoms with Crippen molar-refractivity contribution in [3.63, 3.8) is 0 Å². The number of nitrogens with one attached hydrogen (secondary N) is 1. The minimum atomic E-state index is 0.458. The van der Waals surface area contributed by atoms with E-state index in [0.717, 1.165) is 12.2 Å². The fourth-order valence-electron chi connectivity index (χ4n) is 2.21. The lowest BCUT2D eigenvalue weighted by Gasteiger charge is -2.29. The SMILES string of the molecule is COc1ccc2c(c1)C[C@H](C)N[C@H]2C. The molecule has 14 heavy (non-hydrogen) atoms. The van der Waals surface area contributed by atoms with Crippen LogP contribution >= 0.6 is 0 Å². The molecule has 0 radical (unpaired) electrons. The molecule has 2 rings (SSSR count). The second kappa shape index (κ2) is 3.62. The van der Waals surface area contributed by atoms with Crippen LogP contribution in [0.1, 0.15) is 31.0 Å². The average molecular weight is 191 g/mol. The highest BCUT2D eigenvalue weighted by Gasteiger charge is 2.20. The van der Waals surface area contributed by atoms with Crippen molar-refractivity contribution in [3.8, 4) is 5.75 Å². The molecule has 0 aliphatic carbocycles. The maximum atomic E-state index is 5.23. The Morgan fingerprint density at radius 1 is 1.36 bits per heavy atom. The van der Waals surface area contributed by atoms with Crippen molar-refractivity contribution in [1.29, 1.82) is 0 Å². The van der Waals surface area contributed by atoms with Gasteiger partial charge in [0.25, 0.3) is 0 Å². The minimum Gasteiger partial charge on any atom is -0.497 e. The predicted octanol–water partition coefficient (Wildman–Crippen LogP) is 2.29. The molecule has 1 heterocycles. The van der Waals surface area contributed by atoms with Gasteiger partial charge in [0.05, 0.1) is 7.11 Å². The summed E-state index contributed by atoms with van der Waals surface area (Å²) in [6, 6.07) is 7.37. The molecule has 1 aromatic carbocycles. The molecule has 2 nitrogen and oxygen atoms in total. The van der Waals surface area contributed by atoms with Crippen LogP contribution in [0, 0.1) is 0 Å². The second-order valence-electron chi connectivity index (χ2n) is 4.06. The summed E-state index contributed by atoms with van der Waals surface area (Å²) in [4.78, 5) is 0. The van der Waals surface area contributed by atoms with Gasteiger partial charge in [0.1, 0.15) is 5.75 Å². The van der Waals surface area contributed by atoms with E-state index in [2.05, 4.69) is 31.3 Å². The summed E-state index contributed by atoms with van der Waals surface area (Å²) in [5, 5.41) is 3.53. The molecule has 0 aromatic heterocycles. The Bertz CT molecular complexity index is 335. The first-order valence-electron chi connectivity index (χ1n) is 5.13. The zero-order valence-electron chi connectivity index (χ0n) is 9.00. The summed E-state index contributed by atoms with van der Waals surface area (Å²) in [5.74, 6) is 0.963. The molecular weight excluding hydrogens is 174 g/mol. The van der Waals surface area contributed by atoms with Crippen molar-refractivity contribution in [2.75, 3.05) is 7.11 Å². The van der Waals surface area contributed by atoms with Crippen LogP contribution in [-0.4, -0.2) is 13.2 Å². The summed E-state index contributed by atoms with van der Waals surface area (Å²) in [6.07, 6.45) is 1.09. The maximum Gasteiger partial charge on any atom is 0.119 e. The molecule has 2 heteroatoms. The van der Waals surface area contributed by atoms with Crippen molar-refractivity contribution >= 4 is 0 Å². The van der Waals surface area contributed by atoms with Crippen molar-refractivity contribution < 1.29 is 4.74 Å². The van der Waals surface area contributed by atoms with Gasteiger partial charge < -0.3 is 10.1 Å². The molecule has 0 spiro atoms. The summed E-state index contributed by atoms with van der Waals surface area (Å²) in [7, 11) is 1.72. The van der Waals surface area contributed by atoms with Crippen molar-refractivity contribution in [1.82, 2.24) is 5.32 Å². The van der Waals surface area contributed by atoms with Gasteiger partial charge in [-0.1, -0.05) is 6.07 Å². The Labute approximate surface area is 85.3 Å². The molecule has 76 valence electrons. The van der Waals surface area contributed by atoms with Crippen molar-refractivity contribution in [2.24, 2.45) is 0 Å². The Morgan fingerprint density at radius 2 is 2.14 bits per heavy atom. The normalized spacial score (nSPS) is 25.6. The lowest BCUT2D eigenvalue weighted by molar-refractivity contribution is 0.408. The molecule has 2 atom stereocenters. The molecule has 0 saturated carbocycles. The molecule has 1 aliphatic rings. The summed E-state index contributed by atoms with van der Waals surface area (Å²) in [6.45, 7) is 4.43. The molecule has 0 amide bonds. The van der Waals surface area contributed by atoms with E-state index in [1.54, 1.807) is 7.11 Å². The van der Waals surface area contributed by atoms with Crippen LogP contribution in [-0.2, 0) is 6.42 Å². The van der Waals surface area contributed by atoms with Crippen LogP contribution in [0.5, 0.6) is 5.75 Å². The lowest BCUT2D eigenvalue weighted by Crippen LogP contribution is -2.35. The smallest absolute Gasteiger partial charge is 0.119 e. The minimum absolute atomic E-state index is 0.458. The summed E-state index contributed by atoms with van der Waals surface area (Å²) < 4.78 is 5.23. The molecule has 1 aromatic rings. The number of fused-ring (bicyclic) bond motifs is 1. The van der Waals surface area contributed by atoms with E-state index in [-0.39, 0.29) is 0 Å². The number of rotatable bonds is 1. The van der Waals surface area contributed by atoms with Gasteiger partial charge in [-0.3, -0.25) is 0 Å². The van der Waals surface area contributed by atoms with Crippen LogP contribution in [0.15, 0.2) is 18.2 Å². The van der Waals surface area contributed by atoms with Crippen LogP contribution < -0.4 is 10.1 Å². The second-order valence-corrected chi connectivity index (χ2v) is 4.06. The van der Waals surface area contributed by atoms with Crippen LogP contribution in [0.3, 0.4) is 0 Å². The number of benzene rings is 1. The third-order valence-electron chi connectivity index (χ3n) is 2.88. The quantitative estimate of drug-likeness (QED) is 0.735. The number of ether oxygens (including phenoxy) is 1. The van der Waals surface area contributed by atoms with Crippen molar-refractivity contribution in [2.45, 2.75) is 32.4 Å². The molecule has 0 bridgehead atoms. The monoisotopic (exact) mass is 191 g/mol. The fraction of sp³-hybridized carbons (Fsp3) is 0.500. The van der Waals surface area contributed by atoms with Gasteiger partial charge in [0.15, 0.2) is 0 Å². The van der Waals surface area contributed by atoms with Crippen LogP contribution in [0.25, 0.3) is 0 Å². The van der Waals surface area contributed by atoms with Crippen LogP contribution in [0.2, 0.25) is 0 Å². The number of hydrogen-bond donors (Lipinski definition) is 1. The largest absolute Gasteiger partial charge is 0.497 e. The zero-order valence-corrected chi connectivity index (χ0v) is 9.00. The Hall–Kier alpha value is -1.02. The number of methoxy groups -OCH3 is 1. The molecule has 0 unspecified atom stereocenters. The van der Waals surface area contributed by atoms with Gasteiger partial charge in [-0.2, -0.15) is 0 Å². The van der Waals surface area contributed by atoms with E-state index in [0.29, 0.717) is 12.1 Å². The maximum absolute atomic E-state index is 5.23. The van der Waals surface area contributed by atoms with Crippen molar-refractivity contribution in [3.05, 3.63) is 29.3 Å². The van der Waals surface area contributed by atoms with Gasteiger partial charge in [0, 0.05) is 12.1 Å². The molecule has 0 saturated heterocycles. The van der Waals surface area contributed by atoms with E-state index in [1.165, 1.54) is 11.1 Å². The number of hydrogen-bond acceptors (Lipinski definition) is 2. The Morgan fingerprint density at radius 3 is 2.86 bits per heavy atom. The molecule has 0 fully saturated rings. The topological polar surface area (TPSA) is 21.3 Å². The Balaban J connectivity index is 2.39. The highest BCUT2D eigenvalue weighted by molar-refractivity contribution is 5.39. The van der Waals surface area contributed by atoms with Gasteiger partial charge in [-0.25, -0.2) is 0 Å². The lowest BCUT2D eigenvalue weighted by atomic mass is 9.91. The van der Waals surface area contributed by atoms with E-state index >= 15 is 0 Å². The third-order valence-corrected chi connectivity index (χ3v) is 2.88.